The largest absolute Gasteiger partial charge is 0.397 e. The summed E-state index contributed by atoms with van der Waals surface area (Å²) < 4.78 is 5.74. The van der Waals surface area contributed by atoms with Crippen molar-refractivity contribution in [2.75, 3.05) is 24.2 Å². The minimum atomic E-state index is 0.405. The topological polar surface area (TPSA) is 60.2 Å². The van der Waals surface area contributed by atoms with Crippen LogP contribution in [-0.2, 0) is 4.74 Å². The molecule has 4 heteroatoms. The number of ether oxygens (including phenoxy) is 1. The number of aromatic nitrogens is 1. The van der Waals surface area contributed by atoms with Crippen LogP contribution in [0.3, 0.4) is 0 Å². The fourth-order valence-electron chi connectivity index (χ4n) is 2.75. The summed E-state index contributed by atoms with van der Waals surface area (Å²) in [6, 6.07) is 6.04. The second-order valence-electron chi connectivity index (χ2n) is 5.33. The van der Waals surface area contributed by atoms with Gasteiger partial charge in [-0.15, -0.1) is 0 Å². The van der Waals surface area contributed by atoms with Crippen LogP contribution < -0.4 is 11.1 Å². The summed E-state index contributed by atoms with van der Waals surface area (Å²) in [6.45, 7) is 1.81. The zero-order valence-electron chi connectivity index (χ0n) is 11.6. The summed E-state index contributed by atoms with van der Waals surface area (Å²) in [6.07, 6.45) is 8.73. The molecule has 0 bridgehead atoms. The first-order valence-corrected chi connectivity index (χ1v) is 7.32. The summed E-state index contributed by atoms with van der Waals surface area (Å²) in [4.78, 5) is 4.11. The molecule has 1 aromatic heterocycles. The molecule has 0 amide bonds. The van der Waals surface area contributed by atoms with Crippen LogP contribution in [0.2, 0.25) is 0 Å². The van der Waals surface area contributed by atoms with E-state index in [4.69, 9.17) is 10.5 Å². The monoisotopic (exact) mass is 271 g/mol. The van der Waals surface area contributed by atoms with Gasteiger partial charge in [-0.1, -0.05) is 6.07 Å². The van der Waals surface area contributed by atoms with Crippen molar-refractivity contribution in [3.8, 4) is 0 Å². The van der Waals surface area contributed by atoms with Crippen LogP contribution in [0.1, 0.15) is 25.7 Å². The van der Waals surface area contributed by atoms with Crippen molar-refractivity contribution < 1.29 is 4.74 Å². The molecule has 2 heterocycles. The van der Waals surface area contributed by atoms with Gasteiger partial charge in [-0.05, 0) is 37.8 Å². The third-order valence-electron chi connectivity index (χ3n) is 3.92. The predicted octanol–water partition coefficient (Wildman–Crippen LogP) is 3.19. The Kier molecular flexibility index (Phi) is 4.02. The summed E-state index contributed by atoms with van der Waals surface area (Å²) >= 11 is 0. The van der Waals surface area contributed by atoms with Gasteiger partial charge in [-0.25, -0.2) is 0 Å². The first-order chi connectivity index (χ1) is 9.84. The highest BCUT2D eigenvalue weighted by atomic mass is 16.5. The number of anilines is 2. The van der Waals surface area contributed by atoms with Crippen molar-refractivity contribution >= 4 is 22.1 Å². The van der Waals surface area contributed by atoms with E-state index < -0.39 is 0 Å². The van der Waals surface area contributed by atoms with E-state index in [-0.39, 0.29) is 0 Å². The van der Waals surface area contributed by atoms with Crippen molar-refractivity contribution in [2.45, 2.75) is 31.8 Å². The molecule has 0 radical (unpaired) electrons. The van der Waals surface area contributed by atoms with E-state index in [1.54, 1.807) is 6.20 Å². The van der Waals surface area contributed by atoms with Crippen LogP contribution in [0.4, 0.5) is 11.4 Å². The molecule has 3 rings (SSSR count). The first kappa shape index (κ1) is 13.2. The predicted molar refractivity (Wildman–Crippen MR) is 82.9 cm³/mol. The van der Waals surface area contributed by atoms with Crippen LogP contribution in [0.15, 0.2) is 30.6 Å². The molecule has 1 fully saturated rings. The SMILES string of the molecule is Nc1c(NCCC2CCCCO2)ccc2cnccc12. The van der Waals surface area contributed by atoms with Crippen molar-refractivity contribution in [3.05, 3.63) is 30.6 Å². The van der Waals surface area contributed by atoms with Gasteiger partial charge in [-0.2, -0.15) is 0 Å². The third kappa shape index (κ3) is 2.85. The first-order valence-electron chi connectivity index (χ1n) is 7.32. The molecule has 106 valence electrons. The van der Waals surface area contributed by atoms with E-state index in [1.807, 2.05) is 18.3 Å². The highest BCUT2D eigenvalue weighted by molar-refractivity contribution is 5.98. The normalized spacial score (nSPS) is 19.1. The Morgan fingerprint density at radius 1 is 1.30 bits per heavy atom. The average Bonchev–Trinajstić information content (AvgIpc) is 2.51. The highest BCUT2D eigenvalue weighted by Gasteiger charge is 2.13. The lowest BCUT2D eigenvalue weighted by Crippen LogP contribution is -2.22. The fourth-order valence-corrected chi connectivity index (χ4v) is 2.75. The molecular weight excluding hydrogens is 250 g/mol. The molecule has 0 spiro atoms. The molecule has 0 aliphatic carbocycles. The number of benzene rings is 1. The number of hydrogen-bond acceptors (Lipinski definition) is 4. The molecule has 1 saturated heterocycles. The van der Waals surface area contributed by atoms with Crippen molar-refractivity contribution in [1.29, 1.82) is 0 Å². The van der Waals surface area contributed by atoms with Gasteiger partial charge < -0.3 is 15.8 Å². The Bertz CT molecular complexity index is 579. The number of pyridine rings is 1. The smallest absolute Gasteiger partial charge is 0.0630 e. The second kappa shape index (κ2) is 6.09. The van der Waals surface area contributed by atoms with E-state index >= 15 is 0 Å². The average molecular weight is 271 g/mol. The maximum Gasteiger partial charge on any atom is 0.0630 e. The Morgan fingerprint density at radius 3 is 3.10 bits per heavy atom. The zero-order chi connectivity index (χ0) is 13.8. The molecule has 1 atom stereocenters. The number of hydrogen-bond donors (Lipinski definition) is 2. The molecule has 4 nitrogen and oxygen atoms in total. The quantitative estimate of drug-likeness (QED) is 0.838. The second-order valence-corrected chi connectivity index (χ2v) is 5.33. The highest BCUT2D eigenvalue weighted by Crippen LogP contribution is 2.28. The van der Waals surface area contributed by atoms with Crippen molar-refractivity contribution in [2.24, 2.45) is 0 Å². The van der Waals surface area contributed by atoms with Crippen LogP contribution in [0, 0.1) is 0 Å². The lowest BCUT2D eigenvalue weighted by molar-refractivity contribution is 0.0134. The standard InChI is InChI=1S/C16H21N3O/c17-16-14-7-8-18-11-12(14)4-5-15(16)19-9-6-13-3-1-2-10-20-13/h4-5,7-8,11,13,19H,1-3,6,9-10,17H2. The summed E-state index contributed by atoms with van der Waals surface area (Å²) in [7, 11) is 0. The van der Waals surface area contributed by atoms with E-state index in [0.717, 1.165) is 41.7 Å². The molecule has 2 aromatic rings. The minimum Gasteiger partial charge on any atom is -0.397 e. The molecule has 3 N–H and O–H groups in total. The molecule has 1 aliphatic rings. The van der Waals surface area contributed by atoms with Crippen LogP contribution in [0.25, 0.3) is 10.8 Å². The Labute approximate surface area is 119 Å². The number of fused-ring (bicyclic) bond motifs is 1. The number of nitrogens with one attached hydrogen (secondary N) is 1. The van der Waals surface area contributed by atoms with E-state index in [9.17, 15) is 0 Å². The Morgan fingerprint density at radius 2 is 2.25 bits per heavy atom. The molecule has 0 saturated carbocycles. The van der Waals surface area contributed by atoms with Gasteiger partial charge in [0, 0.05) is 36.3 Å². The Hall–Kier alpha value is -1.81. The van der Waals surface area contributed by atoms with Crippen LogP contribution in [-0.4, -0.2) is 24.2 Å². The number of nitrogens with two attached hydrogens (primary N) is 1. The lowest BCUT2D eigenvalue weighted by atomic mass is 10.1. The maximum absolute atomic E-state index is 6.22. The van der Waals surface area contributed by atoms with Crippen molar-refractivity contribution in [1.82, 2.24) is 4.98 Å². The van der Waals surface area contributed by atoms with Gasteiger partial charge >= 0.3 is 0 Å². The van der Waals surface area contributed by atoms with Gasteiger partial charge in [0.05, 0.1) is 17.5 Å². The van der Waals surface area contributed by atoms with Gasteiger partial charge in [0.2, 0.25) is 0 Å². The summed E-state index contributed by atoms with van der Waals surface area (Å²) in [5.41, 5.74) is 8.02. The fraction of sp³-hybridized carbons (Fsp3) is 0.438. The van der Waals surface area contributed by atoms with Gasteiger partial charge in [0.25, 0.3) is 0 Å². The number of nitrogen functional groups attached to an aromatic ring is 1. The van der Waals surface area contributed by atoms with Crippen LogP contribution in [0.5, 0.6) is 0 Å². The summed E-state index contributed by atoms with van der Waals surface area (Å²) in [5.74, 6) is 0. The zero-order valence-corrected chi connectivity index (χ0v) is 11.6. The third-order valence-corrected chi connectivity index (χ3v) is 3.92. The molecule has 1 aliphatic heterocycles. The van der Waals surface area contributed by atoms with Crippen LogP contribution >= 0.6 is 0 Å². The molecule has 20 heavy (non-hydrogen) atoms. The van der Waals surface area contributed by atoms with E-state index in [1.165, 1.54) is 19.3 Å². The summed E-state index contributed by atoms with van der Waals surface area (Å²) in [5, 5.41) is 5.56. The Balaban J connectivity index is 1.63. The number of nitrogens with zero attached hydrogens (tertiary/aromatic N) is 1. The van der Waals surface area contributed by atoms with E-state index in [0.29, 0.717) is 6.10 Å². The van der Waals surface area contributed by atoms with E-state index in [2.05, 4.69) is 16.4 Å². The van der Waals surface area contributed by atoms with Gasteiger partial charge in [-0.3, -0.25) is 4.98 Å². The lowest BCUT2D eigenvalue weighted by Gasteiger charge is -2.23. The van der Waals surface area contributed by atoms with Gasteiger partial charge in [0.15, 0.2) is 0 Å². The van der Waals surface area contributed by atoms with Gasteiger partial charge in [0.1, 0.15) is 0 Å². The molecular formula is C16H21N3O. The maximum atomic E-state index is 6.22. The number of rotatable bonds is 4. The molecule has 1 aromatic carbocycles. The molecule has 1 unspecified atom stereocenters. The minimum absolute atomic E-state index is 0.405. The van der Waals surface area contributed by atoms with Crippen molar-refractivity contribution in [3.63, 3.8) is 0 Å².